The molecule has 0 aliphatic heterocycles. The van der Waals surface area contributed by atoms with Crippen molar-refractivity contribution in [1.29, 1.82) is 0 Å². The molecular formula is C6H13NO3Si. The lowest BCUT2D eigenvalue weighted by molar-refractivity contribution is 0.277. The van der Waals surface area contributed by atoms with Crippen LogP contribution in [0.15, 0.2) is 4.99 Å². The van der Waals surface area contributed by atoms with Gasteiger partial charge in [0.25, 0.3) is 0 Å². The molecule has 0 heterocycles. The fraction of sp³-hybridized carbons (Fsp3) is 0.833. The van der Waals surface area contributed by atoms with Crippen LogP contribution in [0.25, 0.3) is 0 Å². The molecule has 0 amide bonds. The Hall–Kier alpha value is -0.483. The third-order valence-electron chi connectivity index (χ3n) is 1.30. The van der Waals surface area contributed by atoms with E-state index in [2.05, 4.69) is 4.99 Å². The van der Waals surface area contributed by atoms with Gasteiger partial charge < -0.3 is 8.85 Å². The highest BCUT2D eigenvalue weighted by Gasteiger charge is 2.07. The van der Waals surface area contributed by atoms with Crippen LogP contribution in [-0.2, 0) is 13.6 Å². The summed E-state index contributed by atoms with van der Waals surface area (Å²) in [6.07, 6.45) is 2.33. The van der Waals surface area contributed by atoms with Crippen LogP contribution in [0.2, 0.25) is 6.04 Å². The molecule has 0 aromatic heterocycles. The Morgan fingerprint density at radius 3 is 2.55 bits per heavy atom. The average molecular weight is 175 g/mol. The Morgan fingerprint density at radius 2 is 2.09 bits per heavy atom. The molecule has 5 heteroatoms. The fourth-order valence-electron chi connectivity index (χ4n) is 0.715. The van der Waals surface area contributed by atoms with Crippen LogP contribution in [0.3, 0.4) is 0 Å². The number of aliphatic imine (C=N–C) groups is 1. The predicted molar refractivity (Wildman–Crippen MR) is 43.6 cm³/mol. The van der Waals surface area contributed by atoms with Crippen molar-refractivity contribution in [1.82, 2.24) is 0 Å². The highest BCUT2D eigenvalue weighted by Crippen LogP contribution is 1.98. The van der Waals surface area contributed by atoms with E-state index in [0.29, 0.717) is 6.54 Å². The average Bonchev–Trinajstić information content (AvgIpc) is 2.05. The van der Waals surface area contributed by atoms with Crippen LogP contribution in [0.5, 0.6) is 0 Å². The molecule has 64 valence electrons. The zero-order valence-corrected chi connectivity index (χ0v) is 8.03. The summed E-state index contributed by atoms with van der Waals surface area (Å²) in [6.45, 7) is 0.528. The topological polar surface area (TPSA) is 47.9 Å². The van der Waals surface area contributed by atoms with Crippen molar-refractivity contribution in [2.24, 2.45) is 4.99 Å². The Kier molecular flexibility index (Phi) is 7.29. The van der Waals surface area contributed by atoms with E-state index >= 15 is 0 Å². The number of hydrogen-bond acceptors (Lipinski definition) is 4. The van der Waals surface area contributed by atoms with Gasteiger partial charge in [0.1, 0.15) is 0 Å². The van der Waals surface area contributed by atoms with Gasteiger partial charge in [-0.3, -0.25) is 0 Å². The first-order valence-corrected chi connectivity index (χ1v) is 5.20. The second-order valence-electron chi connectivity index (χ2n) is 2.02. The van der Waals surface area contributed by atoms with E-state index in [1.165, 1.54) is 6.08 Å². The van der Waals surface area contributed by atoms with E-state index in [0.717, 1.165) is 12.5 Å². The standard InChI is InChI=1S/C6H13NO3Si/c1-9-11(10-2)5-3-4-7-6-8/h11H,3-5H2,1-2H3. The van der Waals surface area contributed by atoms with Crippen molar-refractivity contribution >= 4 is 15.4 Å². The lowest BCUT2D eigenvalue weighted by atomic mass is 10.5. The molecule has 0 bridgehead atoms. The van der Waals surface area contributed by atoms with Gasteiger partial charge in [-0.05, 0) is 12.5 Å². The SMILES string of the molecule is CO[SiH](CCCN=C=O)OC. The molecule has 0 aromatic carbocycles. The molecule has 0 atom stereocenters. The van der Waals surface area contributed by atoms with Gasteiger partial charge in [0.05, 0.1) is 6.54 Å². The lowest BCUT2D eigenvalue weighted by Crippen LogP contribution is -2.18. The van der Waals surface area contributed by atoms with Gasteiger partial charge >= 0.3 is 9.28 Å². The lowest BCUT2D eigenvalue weighted by Gasteiger charge is -2.08. The number of isocyanates is 1. The van der Waals surface area contributed by atoms with Gasteiger partial charge in [-0.25, -0.2) is 9.79 Å². The van der Waals surface area contributed by atoms with E-state index in [-0.39, 0.29) is 0 Å². The number of rotatable bonds is 6. The molecule has 0 radical (unpaired) electrons. The maximum atomic E-state index is 9.65. The van der Waals surface area contributed by atoms with Crippen LogP contribution in [0, 0.1) is 0 Å². The maximum Gasteiger partial charge on any atom is 0.320 e. The molecular weight excluding hydrogens is 162 g/mol. The summed E-state index contributed by atoms with van der Waals surface area (Å²) < 4.78 is 10.1. The van der Waals surface area contributed by atoms with Crippen LogP contribution < -0.4 is 0 Å². The molecule has 0 aromatic rings. The Morgan fingerprint density at radius 1 is 1.45 bits per heavy atom. The van der Waals surface area contributed by atoms with Crippen LogP contribution in [0.1, 0.15) is 6.42 Å². The highest BCUT2D eigenvalue weighted by atomic mass is 28.3. The Labute approximate surface area is 68.1 Å². The minimum Gasteiger partial charge on any atom is -0.400 e. The van der Waals surface area contributed by atoms with Crippen molar-refractivity contribution in [2.45, 2.75) is 12.5 Å². The van der Waals surface area contributed by atoms with Crippen molar-refractivity contribution in [3.8, 4) is 0 Å². The van der Waals surface area contributed by atoms with Crippen molar-refractivity contribution < 1.29 is 13.6 Å². The quantitative estimate of drug-likeness (QED) is 0.251. The first kappa shape index (κ1) is 10.5. The summed E-state index contributed by atoms with van der Waals surface area (Å²) in [5, 5.41) is 0. The number of nitrogens with zero attached hydrogens (tertiary/aromatic N) is 1. The number of carbonyl (C=O) groups excluding carboxylic acids is 1. The van der Waals surface area contributed by atoms with E-state index < -0.39 is 9.28 Å². The van der Waals surface area contributed by atoms with Crippen molar-refractivity contribution in [2.75, 3.05) is 20.8 Å². The third kappa shape index (κ3) is 5.94. The summed E-state index contributed by atoms with van der Waals surface area (Å²) in [5.74, 6) is 0. The Bertz CT molecular complexity index is 132. The summed E-state index contributed by atoms with van der Waals surface area (Å²) in [6, 6.07) is 0.887. The Balaban J connectivity index is 3.27. The van der Waals surface area contributed by atoms with Crippen molar-refractivity contribution in [3.05, 3.63) is 0 Å². The first-order chi connectivity index (χ1) is 5.35. The highest BCUT2D eigenvalue weighted by molar-refractivity contribution is 6.44. The second kappa shape index (κ2) is 7.62. The monoisotopic (exact) mass is 175 g/mol. The smallest absolute Gasteiger partial charge is 0.320 e. The molecule has 0 saturated heterocycles. The fourth-order valence-corrected chi connectivity index (χ4v) is 1.89. The van der Waals surface area contributed by atoms with Gasteiger partial charge in [0.2, 0.25) is 6.08 Å². The maximum absolute atomic E-state index is 9.65. The van der Waals surface area contributed by atoms with E-state index in [1.54, 1.807) is 14.2 Å². The van der Waals surface area contributed by atoms with Gasteiger partial charge in [0, 0.05) is 14.2 Å². The zero-order chi connectivity index (χ0) is 8.53. The third-order valence-corrected chi connectivity index (χ3v) is 3.23. The van der Waals surface area contributed by atoms with E-state index in [4.69, 9.17) is 8.85 Å². The normalized spacial score (nSPS) is 9.73. The van der Waals surface area contributed by atoms with E-state index in [9.17, 15) is 4.79 Å². The molecule has 0 fully saturated rings. The van der Waals surface area contributed by atoms with Gasteiger partial charge in [0.15, 0.2) is 0 Å². The summed E-state index contributed by atoms with van der Waals surface area (Å²) >= 11 is 0. The molecule has 0 unspecified atom stereocenters. The second-order valence-corrected chi connectivity index (χ2v) is 4.40. The molecule has 0 rings (SSSR count). The minimum atomic E-state index is -1.42. The molecule has 0 saturated carbocycles. The molecule has 11 heavy (non-hydrogen) atoms. The summed E-state index contributed by atoms with van der Waals surface area (Å²) in [7, 11) is 1.86. The van der Waals surface area contributed by atoms with Crippen LogP contribution in [0.4, 0.5) is 0 Å². The van der Waals surface area contributed by atoms with Gasteiger partial charge in [-0.15, -0.1) is 0 Å². The molecule has 0 spiro atoms. The molecule has 4 nitrogen and oxygen atoms in total. The molecule has 0 aliphatic rings. The summed E-state index contributed by atoms with van der Waals surface area (Å²) in [5.41, 5.74) is 0. The molecule has 0 aliphatic carbocycles. The van der Waals surface area contributed by atoms with E-state index in [1.807, 2.05) is 0 Å². The predicted octanol–water partition coefficient (Wildman–Crippen LogP) is 0.226. The number of hydrogen-bond donors (Lipinski definition) is 0. The van der Waals surface area contributed by atoms with Crippen LogP contribution in [-0.4, -0.2) is 36.1 Å². The van der Waals surface area contributed by atoms with Gasteiger partial charge in [-0.2, -0.15) is 0 Å². The zero-order valence-electron chi connectivity index (χ0n) is 6.87. The minimum absolute atomic E-state index is 0.528. The van der Waals surface area contributed by atoms with Crippen LogP contribution >= 0.6 is 0 Å². The first-order valence-electron chi connectivity index (χ1n) is 3.44. The largest absolute Gasteiger partial charge is 0.400 e. The van der Waals surface area contributed by atoms with Gasteiger partial charge in [-0.1, -0.05) is 0 Å². The molecule has 0 N–H and O–H groups in total. The summed E-state index contributed by atoms with van der Waals surface area (Å²) in [4.78, 5) is 13.1. The van der Waals surface area contributed by atoms with Crippen molar-refractivity contribution in [3.63, 3.8) is 0 Å².